The van der Waals surface area contributed by atoms with E-state index < -0.39 is 21.3 Å². The molecule has 1 aliphatic rings. The van der Waals surface area contributed by atoms with Crippen molar-refractivity contribution in [3.8, 4) is 0 Å². The molecule has 26 heavy (non-hydrogen) atoms. The predicted molar refractivity (Wildman–Crippen MR) is 103 cm³/mol. The number of fused-ring (bicyclic) bond motifs is 1. The number of sulfonamides is 1. The number of ketones is 1. The summed E-state index contributed by atoms with van der Waals surface area (Å²) in [4.78, 5) is 24.8. The van der Waals surface area contributed by atoms with Gasteiger partial charge in [-0.25, -0.2) is 12.7 Å². The monoisotopic (exact) mass is 435 g/mol. The highest BCUT2D eigenvalue weighted by Crippen LogP contribution is 2.47. The molecule has 0 aromatic heterocycles. The van der Waals surface area contributed by atoms with Gasteiger partial charge in [-0.3, -0.25) is 4.79 Å². The molecule has 1 heterocycles. The summed E-state index contributed by atoms with van der Waals surface area (Å²) < 4.78 is 27.9. The van der Waals surface area contributed by atoms with E-state index in [4.69, 9.17) is 0 Å². The molecule has 7 heteroatoms. The molecule has 0 aliphatic carbocycles. The lowest BCUT2D eigenvalue weighted by Gasteiger charge is -2.24. The fraction of sp³-hybridized carbons (Fsp3) is 0.263. The van der Waals surface area contributed by atoms with Gasteiger partial charge in [-0.1, -0.05) is 34.1 Å². The molecule has 1 unspecified atom stereocenters. The molecule has 136 valence electrons. The first kappa shape index (κ1) is 18.8. The van der Waals surface area contributed by atoms with Crippen LogP contribution in [0.2, 0.25) is 0 Å². The summed E-state index contributed by atoms with van der Waals surface area (Å²) in [6.07, 6.45) is 0.457. The number of carbonyl (C=O) groups excluding carboxylic acids is 2. The van der Waals surface area contributed by atoms with Crippen LogP contribution in [0.1, 0.15) is 32.3 Å². The lowest BCUT2D eigenvalue weighted by Crippen LogP contribution is -2.41. The fourth-order valence-electron chi connectivity index (χ4n) is 3.18. The van der Waals surface area contributed by atoms with E-state index in [2.05, 4.69) is 15.9 Å². The van der Waals surface area contributed by atoms with E-state index in [0.717, 1.165) is 8.78 Å². The van der Waals surface area contributed by atoms with E-state index in [1.165, 1.54) is 19.1 Å². The van der Waals surface area contributed by atoms with Gasteiger partial charge in [-0.2, -0.15) is 0 Å². The average molecular weight is 436 g/mol. The van der Waals surface area contributed by atoms with E-state index in [-0.39, 0.29) is 23.5 Å². The zero-order chi connectivity index (χ0) is 19.1. The van der Waals surface area contributed by atoms with Crippen LogP contribution in [-0.4, -0.2) is 20.1 Å². The van der Waals surface area contributed by atoms with Crippen LogP contribution in [0, 0.1) is 0 Å². The molecular weight excluding hydrogens is 418 g/mol. The Bertz CT molecular complexity index is 988. The van der Waals surface area contributed by atoms with Crippen molar-refractivity contribution in [2.24, 2.45) is 0 Å². The van der Waals surface area contributed by atoms with Gasteiger partial charge in [0.2, 0.25) is 0 Å². The Labute approximate surface area is 161 Å². The second-order valence-corrected chi connectivity index (χ2v) is 9.29. The van der Waals surface area contributed by atoms with Crippen molar-refractivity contribution in [3.05, 3.63) is 58.6 Å². The number of anilines is 1. The van der Waals surface area contributed by atoms with Crippen LogP contribution in [-0.2, 0) is 25.0 Å². The van der Waals surface area contributed by atoms with Crippen molar-refractivity contribution in [1.29, 1.82) is 0 Å². The summed E-state index contributed by atoms with van der Waals surface area (Å²) >= 11 is 3.39. The summed E-state index contributed by atoms with van der Waals surface area (Å²) in [5.41, 5.74) is -0.127. The topological polar surface area (TPSA) is 71.5 Å². The average Bonchev–Trinajstić information content (AvgIpc) is 2.82. The second-order valence-electron chi connectivity index (χ2n) is 6.58. The van der Waals surface area contributed by atoms with Crippen LogP contribution < -0.4 is 4.31 Å². The van der Waals surface area contributed by atoms with E-state index in [0.29, 0.717) is 11.3 Å². The number of Topliss-reactive ketones (excluding diaryl/α,β-unsaturated/α-hetero) is 1. The number of carbonyl (C=O) groups is 2. The highest BCUT2D eigenvalue weighted by molar-refractivity contribution is 9.10. The first-order chi connectivity index (χ1) is 12.2. The van der Waals surface area contributed by atoms with E-state index in [9.17, 15) is 18.0 Å². The number of amides is 1. The summed E-state index contributed by atoms with van der Waals surface area (Å²) in [5.74, 6) is -0.573. The molecule has 2 aromatic carbocycles. The first-order valence-corrected chi connectivity index (χ1v) is 10.4. The Morgan fingerprint density at radius 3 is 2.42 bits per heavy atom. The zero-order valence-corrected chi connectivity index (χ0v) is 16.8. The maximum atomic E-state index is 13.2. The van der Waals surface area contributed by atoms with Gasteiger partial charge in [0, 0.05) is 10.9 Å². The molecule has 2 aromatic rings. The number of hydrogen-bond acceptors (Lipinski definition) is 4. The van der Waals surface area contributed by atoms with Crippen molar-refractivity contribution < 1.29 is 18.0 Å². The molecule has 0 saturated heterocycles. The molecule has 3 rings (SSSR count). The summed E-state index contributed by atoms with van der Waals surface area (Å²) in [6.45, 7) is 3.16. The van der Waals surface area contributed by atoms with E-state index >= 15 is 0 Å². The number of rotatable bonds is 5. The number of hydrogen-bond donors (Lipinski definition) is 0. The van der Waals surface area contributed by atoms with Crippen molar-refractivity contribution in [1.82, 2.24) is 0 Å². The molecule has 0 N–H and O–H groups in total. The normalized spacial score (nSPS) is 19.5. The van der Waals surface area contributed by atoms with Gasteiger partial charge in [0.15, 0.2) is 0 Å². The Kier molecular flexibility index (Phi) is 4.79. The Morgan fingerprint density at radius 2 is 1.81 bits per heavy atom. The summed E-state index contributed by atoms with van der Waals surface area (Å²) in [6, 6.07) is 13.0. The van der Waals surface area contributed by atoms with Crippen LogP contribution in [0.5, 0.6) is 0 Å². The summed E-state index contributed by atoms with van der Waals surface area (Å²) in [5, 5.41) is 0. The van der Waals surface area contributed by atoms with Crippen molar-refractivity contribution >= 4 is 43.3 Å². The quantitative estimate of drug-likeness (QED) is 0.715. The van der Waals surface area contributed by atoms with Crippen molar-refractivity contribution in [2.75, 3.05) is 4.31 Å². The Morgan fingerprint density at radius 1 is 1.15 bits per heavy atom. The molecule has 0 bridgehead atoms. The van der Waals surface area contributed by atoms with Gasteiger partial charge < -0.3 is 4.79 Å². The third kappa shape index (κ3) is 2.99. The maximum absolute atomic E-state index is 13.2. The summed E-state index contributed by atoms with van der Waals surface area (Å²) in [7, 11) is -4.04. The third-order valence-electron chi connectivity index (χ3n) is 4.69. The largest absolute Gasteiger partial charge is 0.300 e. The lowest BCUT2D eigenvalue weighted by atomic mass is 9.79. The van der Waals surface area contributed by atoms with Crippen LogP contribution in [0.25, 0.3) is 0 Å². The van der Waals surface area contributed by atoms with Gasteiger partial charge >= 0.3 is 0 Å². The van der Waals surface area contributed by atoms with Crippen molar-refractivity contribution in [2.45, 2.75) is 37.0 Å². The van der Waals surface area contributed by atoms with Crippen LogP contribution in [0.3, 0.4) is 0 Å². The van der Waals surface area contributed by atoms with Gasteiger partial charge in [0.25, 0.3) is 15.9 Å². The first-order valence-electron chi connectivity index (χ1n) is 8.12. The van der Waals surface area contributed by atoms with Gasteiger partial charge in [0.1, 0.15) is 5.78 Å². The zero-order valence-electron chi connectivity index (χ0n) is 14.4. The van der Waals surface area contributed by atoms with Crippen LogP contribution in [0.4, 0.5) is 5.69 Å². The Hall–Kier alpha value is -1.99. The SMILES string of the molecule is CC(=O)CCC1(C)C(=O)N(S(=O)(=O)c2ccccc2)c2ccc(Br)cc21. The minimum atomic E-state index is -4.04. The Balaban J connectivity index is 2.17. The number of benzene rings is 2. The van der Waals surface area contributed by atoms with Gasteiger partial charge in [-0.15, -0.1) is 0 Å². The minimum absolute atomic E-state index is 0.0417. The predicted octanol–water partition coefficient (Wildman–Crippen LogP) is 3.81. The molecule has 1 atom stereocenters. The highest BCUT2D eigenvalue weighted by Gasteiger charge is 2.51. The molecule has 5 nitrogen and oxygen atoms in total. The molecule has 0 spiro atoms. The molecule has 0 radical (unpaired) electrons. The molecule has 1 aliphatic heterocycles. The van der Waals surface area contributed by atoms with Gasteiger partial charge in [0.05, 0.1) is 16.0 Å². The minimum Gasteiger partial charge on any atom is -0.300 e. The smallest absolute Gasteiger partial charge is 0.270 e. The standard InChI is InChI=1S/C19H18BrNO4S/c1-13(22)10-11-19(2)16-12-14(20)8-9-17(16)21(18(19)23)26(24,25)15-6-4-3-5-7-15/h3-9,12H,10-11H2,1-2H3. The third-order valence-corrected chi connectivity index (χ3v) is 6.89. The number of nitrogens with zero attached hydrogens (tertiary/aromatic N) is 1. The molecule has 1 amide bonds. The number of halogens is 1. The van der Waals surface area contributed by atoms with E-state index in [1.54, 1.807) is 43.3 Å². The second kappa shape index (κ2) is 6.63. The maximum Gasteiger partial charge on any atom is 0.270 e. The highest BCUT2D eigenvalue weighted by atomic mass is 79.9. The molecule has 0 fully saturated rings. The van der Waals surface area contributed by atoms with Crippen molar-refractivity contribution in [3.63, 3.8) is 0 Å². The van der Waals surface area contributed by atoms with Gasteiger partial charge in [-0.05, 0) is 56.2 Å². The lowest BCUT2D eigenvalue weighted by molar-refractivity contribution is -0.122. The fourth-order valence-corrected chi connectivity index (χ4v) is 5.09. The van der Waals surface area contributed by atoms with E-state index in [1.807, 2.05) is 0 Å². The molecule has 0 saturated carbocycles. The molecular formula is C19H18BrNO4S. The van der Waals surface area contributed by atoms with Crippen LogP contribution >= 0.6 is 15.9 Å². The van der Waals surface area contributed by atoms with Crippen LogP contribution in [0.15, 0.2) is 57.9 Å².